The fourth-order valence-corrected chi connectivity index (χ4v) is 3.15. The number of rotatable bonds is 7. The molecule has 0 spiro atoms. The van der Waals surface area contributed by atoms with Gasteiger partial charge in [0.25, 0.3) is 0 Å². The third-order valence-electron chi connectivity index (χ3n) is 3.27. The first-order valence-corrected chi connectivity index (χ1v) is 7.94. The molecule has 0 saturated carbocycles. The molecule has 0 fully saturated rings. The van der Waals surface area contributed by atoms with Crippen molar-refractivity contribution in [3.05, 3.63) is 52.2 Å². The molecule has 1 atom stereocenters. The molecule has 2 rings (SSSR count). The van der Waals surface area contributed by atoms with Gasteiger partial charge >= 0.3 is 0 Å². The van der Waals surface area contributed by atoms with Gasteiger partial charge in [-0.25, -0.2) is 0 Å². The summed E-state index contributed by atoms with van der Waals surface area (Å²) in [6, 6.07) is 14.5. The number of ether oxygens (including phenoxy) is 1. The Morgan fingerprint density at radius 2 is 2.00 bits per heavy atom. The second kappa shape index (κ2) is 7.82. The minimum atomic E-state index is 0.0887. The maximum Gasteiger partial charge on any atom is 0.174 e. The normalized spacial score (nSPS) is 12.1. The highest BCUT2D eigenvalue weighted by Crippen LogP contribution is 2.26. The van der Waals surface area contributed by atoms with Crippen molar-refractivity contribution < 1.29 is 4.74 Å². The first-order valence-electron chi connectivity index (χ1n) is 7.06. The van der Waals surface area contributed by atoms with Crippen LogP contribution in [0.1, 0.15) is 30.3 Å². The average molecular weight is 300 g/mol. The van der Waals surface area contributed by atoms with Gasteiger partial charge in [-0.3, -0.25) is 0 Å². The lowest BCUT2D eigenvalue weighted by molar-refractivity contribution is 0.368. The van der Waals surface area contributed by atoms with Crippen molar-refractivity contribution >= 4 is 11.3 Å². The lowest BCUT2D eigenvalue weighted by atomic mass is 10.0. The number of hydrogen-bond acceptors (Lipinski definition) is 4. The third-order valence-corrected chi connectivity index (χ3v) is 4.22. The van der Waals surface area contributed by atoms with Crippen LogP contribution >= 0.6 is 11.3 Å². The minimum Gasteiger partial charge on any atom is -0.479 e. The summed E-state index contributed by atoms with van der Waals surface area (Å²) in [7, 11) is 0. The molecule has 0 aliphatic rings. The Bertz CT molecular complexity index is 570. The van der Waals surface area contributed by atoms with Gasteiger partial charge in [-0.15, -0.1) is 11.3 Å². The molecule has 0 unspecified atom stereocenters. The monoisotopic (exact) mass is 300 g/mol. The number of nitrogens with zero attached hydrogens (tertiary/aromatic N) is 1. The van der Waals surface area contributed by atoms with Crippen LogP contribution in [0.2, 0.25) is 0 Å². The molecule has 21 heavy (non-hydrogen) atoms. The van der Waals surface area contributed by atoms with Gasteiger partial charge in [-0.1, -0.05) is 32.0 Å². The van der Waals surface area contributed by atoms with Crippen molar-refractivity contribution in [2.24, 2.45) is 5.92 Å². The SMILES string of the molecule is CC(C)[C@H](NCc1ccc(OCC#N)cc1)c1cccs1. The van der Waals surface area contributed by atoms with Gasteiger partial charge in [0.1, 0.15) is 11.8 Å². The van der Waals surface area contributed by atoms with Crippen LogP contribution in [0, 0.1) is 17.2 Å². The zero-order valence-corrected chi connectivity index (χ0v) is 13.2. The van der Waals surface area contributed by atoms with E-state index >= 15 is 0 Å². The van der Waals surface area contributed by atoms with Gasteiger partial charge in [0, 0.05) is 17.5 Å². The van der Waals surface area contributed by atoms with Gasteiger partial charge in [0.15, 0.2) is 6.61 Å². The van der Waals surface area contributed by atoms with Crippen molar-refractivity contribution in [2.75, 3.05) is 6.61 Å². The first-order chi connectivity index (χ1) is 10.2. The fourth-order valence-electron chi connectivity index (χ4n) is 2.18. The molecular formula is C17H20N2OS. The number of nitrogens with one attached hydrogen (secondary N) is 1. The highest BCUT2D eigenvalue weighted by atomic mass is 32.1. The molecule has 1 aromatic heterocycles. The summed E-state index contributed by atoms with van der Waals surface area (Å²) in [6.45, 7) is 5.37. The molecular weight excluding hydrogens is 280 g/mol. The maximum atomic E-state index is 8.49. The van der Waals surface area contributed by atoms with Gasteiger partial charge in [-0.2, -0.15) is 5.26 Å². The molecule has 0 radical (unpaired) electrons. The van der Waals surface area contributed by atoms with E-state index in [1.807, 2.05) is 30.3 Å². The summed E-state index contributed by atoms with van der Waals surface area (Å²) in [6.07, 6.45) is 0. The summed E-state index contributed by atoms with van der Waals surface area (Å²) in [5, 5.41) is 14.2. The van der Waals surface area contributed by atoms with E-state index in [1.54, 1.807) is 11.3 Å². The van der Waals surface area contributed by atoms with E-state index in [0.29, 0.717) is 12.0 Å². The van der Waals surface area contributed by atoms with E-state index in [0.717, 1.165) is 12.3 Å². The molecule has 0 aliphatic heterocycles. The maximum absolute atomic E-state index is 8.49. The minimum absolute atomic E-state index is 0.0887. The van der Waals surface area contributed by atoms with Crippen LogP contribution in [-0.2, 0) is 6.54 Å². The van der Waals surface area contributed by atoms with Crippen molar-refractivity contribution in [1.29, 1.82) is 5.26 Å². The van der Waals surface area contributed by atoms with Gasteiger partial charge in [0.2, 0.25) is 0 Å². The van der Waals surface area contributed by atoms with Crippen molar-refractivity contribution in [1.82, 2.24) is 5.32 Å². The fraction of sp³-hybridized carbons (Fsp3) is 0.353. The van der Waals surface area contributed by atoms with Crippen molar-refractivity contribution in [2.45, 2.75) is 26.4 Å². The molecule has 110 valence electrons. The smallest absolute Gasteiger partial charge is 0.174 e. The predicted molar refractivity (Wildman–Crippen MR) is 86.3 cm³/mol. The number of benzene rings is 1. The Balaban J connectivity index is 1.93. The second-order valence-corrected chi connectivity index (χ2v) is 6.19. The van der Waals surface area contributed by atoms with Crippen molar-refractivity contribution in [3.8, 4) is 11.8 Å². The lowest BCUT2D eigenvalue weighted by Crippen LogP contribution is -2.24. The number of hydrogen-bond donors (Lipinski definition) is 1. The highest BCUT2D eigenvalue weighted by Gasteiger charge is 2.15. The first kappa shape index (κ1) is 15.6. The highest BCUT2D eigenvalue weighted by molar-refractivity contribution is 7.10. The van der Waals surface area contributed by atoms with Gasteiger partial charge < -0.3 is 10.1 Å². The van der Waals surface area contributed by atoms with Crippen LogP contribution in [0.5, 0.6) is 5.75 Å². The van der Waals surface area contributed by atoms with Crippen LogP contribution < -0.4 is 10.1 Å². The number of nitriles is 1. The molecule has 1 aromatic carbocycles. The third kappa shape index (κ3) is 4.59. The lowest BCUT2D eigenvalue weighted by Gasteiger charge is -2.21. The van der Waals surface area contributed by atoms with Crippen LogP contribution in [0.3, 0.4) is 0 Å². The quantitative estimate of drug-likeness (QED) is 0.836. The van der Waals surface area contributed by atoms with Crippen LogP contribution in [0.15, 0.2) is 41.8 Å². The second-order valence-electron chi connectivity index (χ2n) is 5.21. The van der Waals surface area contributed by atoms with Crippen LogP contribution in [-0.4, -0.2) is 6.61 Å². The topological polar surface area (TPSA) is 45.0 Å². The zero-order chi connectivity index (χ0) is 15.1. The van der Waals surface area contributed by atoms with E-state index in [2.05, 4.69) is 36.7 Å². The van der Waals surface area contributed by atoms with Gasteiger partial charge in [-0.05, 0) is 35.1 Å². The number of thiophene rings is 1. The van der Waals surface area contributed by atoms with E-state index < -0.39 is 0 Å². The Hall–Kier alpha value is -1.83. The predicted octanol–water partition coefficient (Wildman–Crippen LogP) is 4.14. The summed E-state index contributed by atoms with van der Waals surface area (Å²) in [5.74, 6) is 1.28. The molecule has 1 N–H and O–H groups in total. The molecule has 0 saturated heterocycles. The Kier molecular flexibility index (Phi) is 5.79. The average Bonchev–Trinajstić information content (AvgIpc) is 3.00. The summed E-state index contributed by atoms with van der Waals surface area (Å²) < 4.78 is 5.25. The van der Waals surface area contributed by atoms with E-state index in [1.165, 1.54) is 10.4 Å². The molecule has 4 heteroatoms. The largest absolute Gasteiger partial charge is 0.479 e. The summed E-state index contributed by atoms with van der Waals surface area (Å²) in [5.41, 5.74) is 1.21. The van der Waals surface area contributed by atoms with Gasteiger partial charge in [0.05, 0.1) is 0 Å². The molecule has 3 nitrogen and oxygen atoms in total. The Morgan fingerprint density at radius 3 is 2.57 bits per heavy atom. The molecule has 0 bridgehead atoms. The Labute approximate surface area is 130 Å². The Morgan fingerprint density at radius 1 is 1.24 bits per heavy atom. The standard InChI is InChI=1S/C17H20N2OS/c1-13(2)17(16-4-3-11-21-16)19-12-14-5-7-15(8-6-14)20-10-9-18/h3-8,11,13,17,19H,10,12H2,1-2H3/t17-/m0/s1. The molecule has 0 amide bonds. The van der Waals surface area contributed by atoms with Crippen LogP contribution in [0.25, 0.3) is 0 Å². The molecule has 1 heterocycles. The summed E-state index contributed by atoms with van der Waals surface area (Å²) in [4.78, 5) is 1.37. The summed E-state index contributed by atoms with van der Waals surface area (Å²) >= 11 is 1.79. The van der Waals surface area contributed by atoms with Crippen LogP contribution in [0.4, 0.5) is 0 Å². The van der Waals surface area contributed by atoms with Crippen molar-refractivity contribution in [3.63, 3.8) is 0 Å². The zero-order valence-electron chi connectivity index (χ0n) is 12.4. The molecule has 2 aromatic rings. The van der Waals surface area contributed by atoms with E-state index in [9.17, 15) is 0 Å². The van der Waals surface area contributed by atoms with E-state index in [4.69, 9.17) is 10.00 Å². The van der Waals surface area contributed by atoms with E-state index in [-0.39, 0.29) is 6.61 Å². The molecule has 0 aliphatic carbocycles.